The highest BCUT2D eigenvalue weighted by molar-refractivity contribution is 5.83. The zero-order valence-electron chi connectivity index (χ0n) is 15.1. The highest BCUT2D eigenvalue weighted by atomic mass is 16.5. The Morgan fingerprint density at radius 3 is 2.54 bits per heavy atom. The lowest BCUT2D eigenvalue weighted by Crippen LogP contribution is -2.44. The first-order valence-corrected chi connectivity index (χ1v) is 8.48. The van der Waals surface area contributed by atoms with E-state index < -0.39 is 12.0 Å². The van der Waals surface area contributed by atoms with E-state index in [0.717, 1.165) is 11.3 Å². The Balaban J connectivity index is 1.91. The van der Waals surface area contributed by atoms with E-state index in [1.807, 2.05) is 31.2 Å². The summed E-state index contributed by atoms with van der Waals surface area (Å²) in [7, 11) is 0. The second kappa shape index (κ2) is 8.98. The summed E-state index contributed by atoms with van der Waals surface area (Å²) in [5, 5.41) is 15.5. The number of carbonyl (C=O) groups excluding carboxylic acids is 1. The third-order valence-electron chi connectivity index (χ3n) is 3.71. The number of aromatic nitrogens is 2. The molecule has 1 atom stereocenters. The van der Waals surface area contributed by atoms with Gasteiger partial charge in [-0.2, -0.15) is 4.98 Å². The average Bonchev–Trinajstić information content (AvgIpc) is 3.07. The molecule has 1 aromatic carbocycles. The third kappa shape index (κ3) is 5.30. The predicted molar refractivity (Wildman–Crippen MR) is 93.6 cm³/mol. The molecule has 0 radical (unpaired) electrons. The molecule has 8 nitrogen and oxygen atoms in total. The van der Waals surface area contributed by atoms with Gasteiger partial charge >= 0.3 is 5.97 Å². The summed E-state index contributed by atoms with van der Waals surface area (Å²) >= 11 is 0. The van der Waals surface area contributed by atoms with Crippen LogP contribution in [0.4, 0.5) is 0 Å². The van der Waals surface area contributed by atoms with Crippen molar-refractivity contribution in [3.63, 3.8) is 0 Å². The SMILES string of the molecule is CCOc1ccc(-c2noc(CCC(=O)NC(C(=O)O)C(C)C)n2)cc1. The van der Waals surface area contributed by atoms with Gasteiger partial charge in [0.05, 0.1) is 6.61 Å². The second-order valence-electron chi connectivity index (χ2n) is 6.10. The monoisotopic (exact) mass is 361 g/mol. The lowest BCUT2D eigenvalue weighted by molar-refractivity contribution is -0.143. The molecule has 0 aliphatic carbocycles. The van der Waals surface area contributed by atoms with Crippen molar-refractivity contribution in [3.05, 3.63) is 30.2 Å². The van der Waals surface area contributed by atoms with Crippen molar-refractivity contribution >= 4 is 11.9 Å². The Labute approximate surface area is 151 Å². The van der Waals surface area contributed by atoms with Crippen molar-refractivity contribution in [2.24, 2.45) is 5.92 Å². The van der Waals surface area contributed by atoms with Crippen LogP contribution in [0.25, 0.3) is 11.4 Å². The lowest BCUT2D eigenvalue weighted by atomic mass is 10.0. The summed E-state index contributed by atoms with van der Waals surface area (Å²) in [6.45, 7) is 5.98. The molecular weight excluding hydrogens is 338 g/mol. The molecule has 8 heteroatoms. The Kier molecular flexibility index (Phi) is 6.71. The van der Waals surface area contributed by atoms with Crippen molar-refractivity contribution in [1.29, 1.82) is 0 Å². The molecule has 0 saturated carbocycles. The molecule has 2 aromatic rings. The van der Waals surface area contributed by atoms with Crippen molar-refractivity contribution < 1.29 is 24.0 Å². The lowest BCUT2D eigenvalue weighted by Gasteiger charge is -2.17. The summed E-state index contributed by atoms with van der Waals surface area (Å²) in [4.78, 5) is 27.3. The van der Waals surface area contributed by atoms with Gasteiger partial charge in [-0.3, -0.25) is 4.79 Å². The van der Waals surface area contributed by atoms with E-state index in [1.165, 1.54) is 0 Å². The number of nitrogens with zero attached hydrogens (tertiary/aromatic N) is 2. The number of amides is 1. The van der Waals surface area contributed by atoms with Crippen LogP contribution < -0.4 is 10.1 Å². The Bertz CT molecular complexity index is 740. The van der Waals surface area contributed by atoms with Crippen molar-refractivity contribution in [2.75, 3.05) is 6.61 Å². The maximum atomic E-state index is 11.9. The fourth-order valence-electron chi connectivity index (χ4n) is 2.32. The Morgan fingerprint density at radius 1 is 1.27 bits per heavy atom. The molecule has 0 fully saturated rings. The molecule has 26 heavy (non-hydrogen) atoms. The first kappa shape index (κ1) is 19.4. The number of carbonyl (C=O) groups is 2. The average molecular weight is 361 g/mol. The largest absolute Gasteiger partial charge is 0.494 e. The van der Waals surface area contributed by atoms with Crippen molar-refractivity contribution in [3.8, 4) is 17.1 Å². The van der Waals surface area contributed by atoms with Crippen molar-refractivity contribution in [1.82, 2.24) is 15.5 Å². The zero-order chi connectivity index (χ0) is 19.1. The van der Waals surface area contributed by atoms with Crippen LogP contribution in [0.5, 0.6) is 5.75 Å². The van der Waals surface area contributed by atoms with Gasteiger partial charge in [-0.1, -0.05) is 19.0 Å². The summed E-state index contributed by atoms with van der Waals surface area (Å²) in [6, 6.07) is 6.38. The van der Waals surface area contributed by atoms with Gasteiger partial charge in [0.1, 0.15) is 11.8 Å². The van der Waals surface area contributed by atoms with Gasteiger partial charge in [0, 0.05) is 18.4 Å². The number of rotatable bonds is 9. The summed E-state index contributed by atoms with van der Waals surface area (Å²) in [5.41, 5.74) is 0.777. The first-order chi connectivity index (χ1) is 12.4. The van der Waals surface area contributed by atoms with Crippen LogP contribution in [-0.4, -0.2) is 39.8 Å². The number of hydrogen-bond donors (Lipinski definition) is 2. The Morgan fingerprint density at radius 2 is 1.96 bits per heavy atom. The molecule has 2 rings (SSSR count). The maximum Gasteiger partial charge on any atom is 0.326 e. The van der Waals surface area contributed by atoms with E-state index in [2.05, 4.69) is 15.5 Å². The molecule has 0 aliphatic rings. The van der Waals surface area contributed by atoms with Crippen LogP contribution in [0.2, 0.25) is 0 Å². The van der Waals surface area contributed by atoms with Crippen LogP contribution in [-0.2, 0) is 16.0 Å². The second-order valence-corrected chi connectivity index (χ2v) is 6.10. The summed E-state index contributed by atoms with van der Waals surface area (Å²) in [5.74, 6) is -0.119. The molecule has 1 unspecified atom stereocenters. The van der Waals surface area contributed by atoms with Gasteiger partial charge in [-0.15, -0.1) is 0 Å². The van der Waals surface area contributed by atoms with Gasteiger partial charge in [0.25, 0.3) is 0 Å². The molecule has 140 valence electrons. The minimum atomic E-state index is -1.05. The molecule has 0 aliphatic heterocycles. The molecule has 1 amide bonds. The highest BCUT2D eigenvalue weighted by Gasteiger charge is 2.23. The number of aliphatic carboxylic acids is 1. The standard InChI is InChI=1S/C18H23N3O5/c1-4-25-13-7-5-12(6-8-13)17-20-15(26-21-17)10-9-14(22)19-16(11(2)3)18(23)24/h5-8,11,16H,4,9-10H2,1-3H3,(H,19,22)(H,23,24). The fourth-order valence-corrected chi connectivity index (χ4v) is 2.32. The maximum absolute atomic E-state index is 11.9. The fraction of sp³-hybridized carbons (Fsp3) is 0.444. The molecule has 1 heterocycles. The molecular formula is C18H23N3O5. The van der Waals surface area contributed by atoms with E-state index in [-0.39, 0.29) is 24.7 Å². The number of benzene rings is 1. The molecule has 0 saturated heterocycles. The smallest absolute Gasteiger partial charge is 0.326 e. The Hall–Kier alpha value is -2.90. The van der Waals surface area contributed by atoms with Crippen molar-refractivity contribution in [2.45, 2.75) is 39.7 Å². The number of ether oxygens (including phenoxy) is 1. The number of nitrogens with one attached hydrogen (secondary N) is 1. The minimum absolute atomic E-state index is 0.0708. The minimum Gasteiger partial charge on any atom is -0.494 e. The zero-order valence-corrected chi connectivity index (χ0v) is 15.1. The summed E-state index contributed by atoms with van der Waals surface area (Å²) < 4.78 is 10.5. The quantitative estimate of drug-likeness (QED) is 0.704. The van der Waals surface area contributed by atoms with E-state index in [4.69, 9.17) is 14.4 Å². The molecule has 0 spiro atoms. The van der Waals surface area contributed by atoms with E-state index in [0.29, 0.717) is 18.3 Å². The van der Waals surface area contributed by atoms with Crippen LogP contribution in [0.15, 0.2) is 28.8 Å². The third-order valence-corrected chi connectivity index (χ3v) is 3.71. The highest BCUT2D eigenvalue weighted by Crippen LogP contribution is 2.20. The predicted octanol–water partition coefficient (Wildman–Crippen LogP) is 2.29. The number of hydrogen-bond acceptors (Lipinski definition) is 6. The van der Waals surface area contributed by atoms with Gasteiger partial charge in [0.15, 0.2) is 0 Å². The molecule has 0 bridgehead atoms. The molecule has 1 aromatic heterocycles. The van der Waals surface area contributed by atoms with Gasteiger partial charge in [-0.05, 0) is 37.1 Å². The van der Waals surface area contributed by atoms with E-state index >= 15 is 0 Å². The van der Waals surface area contributed by atoms with Crippen LogP contribution in [0.1, 0.15) is 33.1 Å². The first-order valence-electron chi connectivity index (χ1n) is 8.48. The van der Waals surface area contributed by atoms with Crippen LogP contribution >= 0.6 is 0 Å². The number of carboxylic acids is 1. The van der Waals surface area contributed by atoms with E-state index in [1.54, 1.807) is 13.8 Å². The number of carboxylic acid groups (broad SMARTS) is 1. The van der Waals surface area contributed by atoms with Gasteiger partial charge < -0.3 is 19.7 Å². The van der Waals surface area contributed by atoms with Gasteiger partial charge in [0.2, 0.25) is 17.6 Å². The normalized spacial score (nSPS) is 12.0. The van der Waals surface area contributed by atoms with Crippen LogP contribution in [0.3, 0.4) is 0 Å². The van der Waals surface area contributed by atoms with E-state index in [9.17, 15) is 9.59 Å². The summed E-state index contributed by atoms with van der Waals surface area (Å²) in [6.07, 6.45) is 0.307. The molecule has 2 N–H and O–H groups in total. The van der Waals surface area contributed by atoms with Gasteiger partial charge in [-0.25, -0.2) is 4.79 Å². The topological polar surface area (TPSA) is 115 Å². The van der Waals surface area contributed by atoms with Crippen LogP contribution in [0, 0.1) is 5.92 Å². The number of aryl methyl sites for hydroxylation is 1.